The highest BCUT2D eigenvalue weighted by atomic mass is 127. The Labute approximate surface area is 71.2 Å². The van der Waals surface area contributed by atoms with Crippen molar-refractivity contribution < 1.29 is 5.11 Å². The van der Waals surface area contributed by atoms with E-state index in [1.165, 1.54) is 0 Å². The standard InChI is InChI=1S/C6H6INO2/c1-3-2-4(7)8-6(10)5(3)9/h2,9H,1H3,(H,8,10). The van der Waals surface area contributed by atoms with E-state index in [2.05, 4.69) is 4.98 Å². The van der Waals surface area contributed by atoms with Crippen molar-refractivity contribution in [3.05, 3.63) is 25.7 Å². The fraction of sp³-hybridized carbons (Fsp3) is 0.167. The summed E-state index contributed by atoms with van der Waals surface area (Å²) in [6, 6.07) is 1.71. The topological polar surface area (TPSA) is 53.1 Å². The first-order valence-electron chi connectivity index (χ1n) is 2.69. The molecule has 0 amide bonds. The lowest BCUT2D eigenvalue weighted by Gasteiger charge is -1.95. The number of H-pyrrole nitrogens is 1. The minimum Gasteiger partial charge on any atom is -0.503 e. The van der Waals surface area contributed by atoms with Gasteiger partial charge >= 0.3 is 0 Å². The number of hydrogen-bond acceptors (Lipinski definition) is 2. The highest BCUT2D eigenvalue weighted by Crippen LogP contribution is 2.10. The molecule has 0 saturated carbocycles. The van der Waals surface area contributed by atoms with Crippen LogP contribution in [-0.2, 0) is 0 Å². The van der Waals surface area contributed by atoms with Gasteiger partial charge in [0.25, 0.3) is 5.56 Å². The van der Waals surface area contributed by atoms with E-state index in [1.54, 1.807) is 13.0 Å². The van der Waals surface area contributed by atoms with Gasteiger partial charge < -0.3 is 10.1 Å². The fourth-order valence-electron chi connectivity index (χ4n) is 0.641. The average Bonchev–Trinajstić information content (AvgIpc) is 1.82. The Morgan fingerprint density at radius 3 is 2.80 bits per heavy atom. The summed E-state index contributed by atoms with van der Waals surface area (Å²) in [4.78, 5) is 13.2. The van der Waals surface area contributed by atoms with Gasteiger partial charge in [-0.3, -0.25) is 4.79 Å². The molecule has 0 aliphatic rings. The van der Waals surface area contributed by atoms with Crippen LogP contribution >= 0.6 is 22.6 Å². The molecule has 0 saturated heterocycles. The molecule has 1 aromatic rings. The maximum Gasteiger partial charge on any atom is 0.291 e. The number of aromatic hydroxyl groups is 1. The van der Waals surface area contributed by atoms with Gasteiger partial charge in [-0.2, -0.15) is 0 Å². The minimum absolute atomic E-state index is 0.194. The van der Waals surface area contributed by atoms with Gasteiger partial charge in [0.1, 0.15) is 0 Å². The molecule has 0 unspecified atom stereocenters. The van der Waals surface area contributed by atoms with Crippen LogP contribution in [0, 0.1) is 10.6 Å². The molecule has 0 radical (unpaired) electrons. The Bertz CT molecular complexity index is 305. The third kappa shape index (κ3) is 1.31. The number of aromatic amines is 1. The predicted molar refractivity (Wildman–Crippen MR) is 46.2 cm³/mol. The molecule has 10 heavy (non-hydrogen) atoms. The van der Waals surface area contributed by atoms with Gasteiger partial charge in [-0.1, -0.05) is 0 Å². The minimum atomic E-state index is -0.426. The van der Waals surface area contributed by atoms with Crippen molar-refractivity contribution in [3.63, 3.8) is 0 Å². The molecular weight excluding hydrogens is 245 g/mol. The van der Waals surface area contributed by atoms with E-state index < -0.39 is 5.56 Å². The van der Waals surface area contributed by atoms with E-state index in [1.807, 2.05) is 22.6 Å². The smallest absolute Gasteiger partial charge is 0.291 e. The summed E-state index contributed by atoms with van der Waals surface area (Å²) in [6.45, 7) is 1.69. The number of halogens is 1. The number of pyridine rings is 1. The molecule has 0 spiro atoms. The van der Waals surface area contributed by atoms with Gasteiger partial charge in [0.15, 0.2) is 5.75 Å². The van der Waals surface area contributed by atoms with Crippen LogP contribution in [0.2, 0.25) is 0 Å². The van der Waals surface area contributed by atoms with Gasteiger partial charge in [-0.15, -0.1) is 0 Å². The van der Waals surface area contributed by atoms with Crippen molar-refractivity contribution in [2.75, 3.05) is 0 Å². The Kier molecular flexibility index (Phi) is 1.98. The lowest BCUT2D eigenvalue weighted by molar-refractivity contribution is 0.462. The van der Waals surface area contributed by atoms with E-state index >= 15 is 0 Å². The molecule has 54 valence electrons. The molecule has 0 bridgehead atoms. The molecule has 0 aliphatic carbocycles. The quantitative estimate of drug-likeness (QED) is 0.533. The van der Waals surface area contributed by atoms with Crippen molar-refractivity contribution in [3.8, 4) is 5.75 Å². The molecule has 3 nitrogen and oxygen atoms in total. The third-order valence-electron chi connectivity index (χ3n) is 1.16. The molecule has 1 aromatic heterocycles. The summed E-state index contributed by atoms with van der Waals surface area (Å²) in [7, 11) is 0. The maximum absolute atomic E-state index is 10.8. The first-order chi connectivity index (χ1) is 4.61. The second kappa shape index (κ2) is 2.61. The Hall–Kier alpha value is -0.520. The van der Waals surface area contributed by atoms with Gasteiger partial charge in [0, 0.05) is 0 Å². The lowest BCUT2D eigenvalue weighted by Crippen LogP contribution is -2.07. The van der Waals surface area contributed by atoms with E-state index in [0.717, 1.165) is 3.70 Å². The highest BCUT2D eigenvalue weighted by molar-refractivity contribution is 14.1. The van der Waals surface area contributed by atoms with E-state index in [9.17, 15) is 4.79 Å². The van der Waals surface area contributed by atoms with Crippen molar-refractivity contribution in [1.29, 1.82) is 0 Å². The average molecular weight is 251 g/mol. The first-order valence-corrected chi connectivity index (χ1v) is 3.77. The number of nitrogens with one attached hydrogen (secondary N) is 1. The van der Waals surface area contributed by atoms with Crippen molar-refractivity contribution in [2.24, 2.45) is 0 Å². The zero-order chi connectivity index (χ0) is 7.72. The molecule has 4 heteroatoms. The van der Waals surface area contributed by atoms with Crippen molar-refractivity contribution >= 4 is 22.6 Å². The van der Waals surface area contributed by atoms with Crippen LogP contribution in [0.5, 0.6) is 5.75 Å². The Balaban J connectivity index is 3.46. The van der Waals surface area contributed by atoms with Crippen LogP contribution in [0.25, 0.3) is 0 Å². The van der Waals surface area contributed by atoms with Gasteiger partial charge in [0.2, 0.25) is 0 Å². The lowest BCUT2D eigenvalue weighted by atomic mass is 10.3. The largest absolute Gasteiger partial charge is 0.503 e. The van der Waals surface area contributed by atoms with Crippen molar-refractivity contribution in [2.45, 2.75) is 6.92 Å². The van der Waals surface area contributed by atoms with E-state index in [4.69, 9.17) is 5.11 Å². The SMILES string of the molecule is Cc1cc(I)[nH]c(=O)c1O. The van der Waals surface area contributed by atoms with Crippen LogP contribution in [0.15, 0.2) is 10.9 Å². The van der Waals surface area contributed by atoms with Crippen molar-refractivity contribution in [1.82, 2.24) is 4.98 Å². The Morgan fingerprint density at radius 2 is 2.30 bits per heavy atom. The molecule has 0 fully saturated rings. The normalized spacial score (nSPS) is 9.80. The molecule has 0 aromatic carbocycles. The summed E-state index contributed by atoms with van der Waals surface area (Å²) < 4.78 is 0.734. The van der Waals surface area contributed by atoms with E-state index in [-0.39, 0.29) is 5.75 Å². The summed E-state index contributed by atoms with van der Waals surface area (Å²) in [5.41, 5.74) is 0.178. The second-order valence-corrected chi connectivity index (χ2v) is 3.14. The van der Waals surface area contributed by atoms with Crippen LogP contribution in [0.4, 0.5) is 0 Å². The fourth-order valence-corrected chi connectivity index (χ4v) is 1.35. The third-order valence-corrected chi connectivity index (χ3v) is 1.75. The summed E-state index contributed by atoms with van der Waals surface area (Å²) in [5, 5.41) is 8.98. The summed E-state index contributed by atoms with van der Waals surface area (Å²) in [6.07, 6.45) is 0. The maximum atomic E-state index is 10.8. The van der Waals surface area contributed by atoms with Gasteiger partial charge in [0.05, 0.1) is 3.70 Å². The van der Waals surface area contributed by atoms with E-state index in [0.29, 0.717) is 5.56 Å². The predicted octanol–water partition coefficient (Wildman–Crippen LogP) is 0.994. The molecule has 1 heterocycles. The van der Waals surface area contributed by atoms with Crippen LogP contribution < -0.4 is 5.56 Å². The molecule has 2 N–H and O–H groups in total. The monoisotopic (exact) mass is 251 g/mol. The van der Waals surface area contributed by atoms with Crippen LogP contribution in [0.1, 0.15) is 5.56 Å². The first kappa shape index (κ1) is 7.59. The highest BCUT2D eigenvalue weighted by Gasteiger charge is 2.00. The number of aromatic nitrogens is 1. The summed E-state index contributed by atoms with van der Waals surface area (Å²) >= 11 is 1.98. The number of aryl methyl sites for hydroxylation is 1. The zero-order valence-electron chi connectivity index (χ0n) is 5.31. The second-order valence-electron chi connectivity index (χ2n) is 1.98. The van der Waals surface area contributed by atoms with Crippen LogP contribution in [-0.4, -0.2) is 10.1 Å². The molecular formula is C6H6INO2. The van der Waals surface area contributed by atoms with Gasteiger partial charge in [-0.05, 0) is 41.1 Å². The zero-order valence-corrected chi connectivity index (χ0v) is 7.47. The number of hydrogen-bond donors (Lipinski definition) is 2. The molecule has 0 atom stereocenters. The summed E-state index contributed by atoms with van der Waals surface area (Å²) in [5.74, 6) is -0.194. The Morgan fingerprint density at radius 1 is 1.70 bits per heavy atom. The van der Waals surface area contributed by atoms with Crippen LogP contribution in [0.3, 0.4) is 0 Å². The molecule has 1 rings (SSSR count). The van der Waals surface area contributed by atoms with Gasteiger partial charge in [-0.25, -0.2) is 0 Å². The number of rotatable bonds is 0. The molecule has 0 aliphatic heterocycles.